The van der Waals surface area contributed by atoms with Crippen LogP contribution in [0.3, 0.4) is 0 Å². The van der Waals surface area contributed by atoms with Crippen LogP contribution >= 0.6 is 12.0 Å². The van der Waals surface area contributed by atoms with E-state index in [9.17, 15) is 10.0 Å². The number of esters is 1. The van der Waals surface area contributed by atoms with E-state index in [-0.39, 0.29) is 17.9 Å². The Balaban J connectivity index is 4.10. The maximum atomic E-state index is 12.7. The third-order valence-electron chi connectivity index (χ3n) is 6.98. The molecule has 0 aliphatic carbocycles. The third kappa shape index (κ3) is 22.6. The van der Waals surface area contributed by atoms with Crippen LogP contribution in [0.1, 0.15) is 142 Å². The molecular formula is C29H59NO4S. The maximum Gasteiger partial charge on any atom is 0.308 e. The molecule has 0 fully saturated rings. The molecule has 0 aromatic carbocycles. The van der Waals surface area contributed by atoms with E-state index >= 15 is 0 Å². The summed E-state index contributed by atoms with van der Waals surface area (Å²) in [6.07, 6.45) is 24.7. The fourth-order valence-corrected chi connectivity index (χ4v) is 4.92. The number of rotatable bonds is 27. The van der Waals surface area contributed by atoms with Gasteiger partial charge in [0.15, 0.2) is 0 Å². The van der Waals surface area contributed by atoms with Crippen molar-refractivity contribution in [1.82, 2.24) is 5.06 Å². The van der Waals surface area contributed by atoms with Gasteiger partial charge in [-0.2, -0.15) is 5.06 Å². The van der Waals surface area contributed by atoms with Crippen LogP contribution in [-0.2, 0) is 13.7 Å². The highest BCUT2D eigenvalue weighted by atomic mass is 32.2. The highest BCUT2D eigenvalue weighted by molar-refractivity contribution is 7.93. The van der Waals surface area contributed by atoms with E-state index in [2.05, 4.69) is 13.8 Å². The first-order chi connectivity index (χ1) is 17.1. The Hall–Kier alpha value is -0.300. The quantitative estimate of drug-likeness (QED) is 0.0508. The van der Waals surface area contributed by atoms with Gasteiger partial charge in [0.05, 0.1) is 19.1 Å². The van der Waals surface area contributed by atoms with Crippen LogP contribution in [-0.4, -0.2) is 48.8 Å². The summed E-state index contributed by atoms with van der Waals surface area (Å²) in [6.45, 7) is 5.82. The summed E-state index contributed by atoms with van der Waals surface area (Å²) in [5.41, 5.74) is 0. The van der Waals surface area contributed by atoms with Crippen molar-refractivity contribution in [2.75, 3.05) is 26.5 Å². The second-order valence-corrected chi connectivity index (χ2v) is 10.8. The molecule has 1 N–H and O–H groups in total. The molecule has 0 rings (SSSR count). The first-order valence-corrected chi connectivity index (χ1v) is 16.0. The Kier molecular flexibility index (Phi) is 26.5. The predicted molar refractivity (Wildman–Crippen MR) is 151 cm³/mol. The third-order valence-corrected chi connectivity index (χ3v) is 7.39. The standard InChI is InChI=1S/C29H59NO4S/c1-5-7-9-11-12-16-22-27(21-15-10-8-6-2)29(31)33-25-19-13-17-23-28(30(3)32)24-18-14-20-26-34-35-4/h27-28,32H,5-26H2,1-4H3. The minimum atomic E-state index is 0.0356. The van der Waals surface area contributed by atoms with E-state index in [1.165, 1.54) is 68.5 Å². The molecule has 0 radical (unpaired) electrons. The second kappa shape index (κ2) is 26.8. The SMILES string of the molecule is CCCCCCCCC(CCCCCC)C(=O)OCCCCCC(CCCCCOSC)N(C)O. The van der Waals surface area contributed by atoms with Gasteiger partial charge in [0.2, 0.25) is 0 Å². The number of nitrogens with zero attached hydrogens (tertiary/aromatic N) is 1. The minimum Gasteiger partial charge on any atom is -0.465 e. The normalized spacial score (nSPS) is 13.3. The average Bonchev–Trinajstić information content (AvgIpc) is 2.85. The Bertz CT molecular complexity index is 450. The number of hydrogen-bond donors (Lipinski definition) is 1. The van der Waals surface area contributed by atoms with Crippen LogP contribution in [0.5, 0.6) is 0 Å². The van der Waals surface area contributed by atoms with Crippen LogP contribution in [0.25, 0.3) is 0 Å². The number of carbonyl (C=O) groups is 1. The smallest absolute Gasteiger partial charge is 0.308 e. The summed E-state index contributed by atoms with van der Waals surface area (Å²) >= 11 is 1.42. The van der Waals surface area contributed by atoms with Crippen molar-refractivity contribution in [3.63, 3.8) is 0 Å². The lowest BCUT2D eigenvalue weighted by Crippen LogP contribution is -2.28. The van der Waals surface area contributed by atoms with Gasteiger partial charge in [-0.05, 0) is 50.6 Å². The number of unbranched alkanes of at least 4 members (excludes halogenated alkanes) is 12. The molecule has 0 aromatic rings. The zero-order valence-electron chi connectivity index (χ0n) is 23.7. The fourth-order valence-electron chi connectivity index (χ4n) is 4.64. The van der Waals surface area contributed by atoms with Crippen molar-refractivity contribution in [3.8, 4) is 0 Å². The zero-order valence-corrected chi connectivity index (χ0v) is 24.6. The van der Waals surface area contributed by atoms with E-state index in [0.29, 0.717) is 6.61 Å². The van der Waals surface area contributed by atoms with E-state index in [1.54, 1.807) is 7.05 Å². The highest BCUT2D eigenvalue weighted by Crippen LogP contribution is 2.21. The predicted octanol–water partition coefficient (Wildman–Crippen LogP) is 8.97. The Morgan fingerprint density at radius 2 is 1.17 bits per heavy atom. The van der Waals surface area contributed by atoms with Crippen LogP contribution in [0.4, 0.5) is 0 Å². The van der Waals surface area contributed by atoms with Crippen molar-refractivity contribution in [1.29, 1.82) is 0 Å². The highest BCUT2D eigenvalue weighted by Gasteiger charge is 2.19. The lowest BCUT2D eigenvalue weighted by atomic mass is 9.94. The van der Waals surface area contributed by atoms with Gasteiger partial charge in [0.25, 0.3) is 0 Å². The molecule has 2 atom stereocenters. The molecule has 0 bridgehead atoms. The first kappa shape index (κ1) is 34.7. The fraction of sp³-hybridized carbons (Fsp3) is 0.966. The largest absolute Gasteiger partial charge is 0.465 e. The van der Waals surface area contributed by atoms with Gasteiger partial charge in [-0.25, -0.2) is 0 Å². The molecule has 0 heterocycles. The maximum absolute atomic E-state index is 12.7. The van der Waals surface area contributed by atoms with Crippen LogP contribution < -0.4 is 0 Å². The first-order valence-electron chi connectivity index (χ1n) is 14.8. The van der Waals surface area contributed by atoms with Gasteiger partial charge in [-0.3, -0.25) is 4.79 Å². The topological polar surface area (TPSA) is 59.0 Å². The van der Waals surface area contributed by atoms with Crippen LogP contribution in [0.15, 0.2) is 0 Å². The molecule has 0 saturated heterocycles. The summed E-state index contributed by atoms with van der Waals surface area (Å²) in [5.74, 6) is 0.125. The number of hydroxylamine groups is 2. The van der Waals surface area contributed by atoms with Gasteiger partial charge in [0, 0.05) is 19.3 Å². The zero-order chi connectivity index (χ0) is 26.0. The molecule has 35 heavy (non-hydrogen) atoms. The number of ether oxygens (including phenoxy) is 1. The van der Waals surface area contributed by atoms with Gasteiger partial charge >= 0.3 is 5.97 Å². The van der Waals surface area contributed by atoms with E-state index in [0.717, 1.165) is 83.7 Å². The lowest BCUT2D eigenvalue weighted by Gasteiger charge is -2.22. The summed E-state index contributed by atoms with van der Waals surface area (Å²) in [6, 6.07) is 0.212. The molecule has 6 heteroatoms. The number of carbonyl (C=O) groups excluding carboxylic acids is 1. The van der Waals surface area contributed by atoms with Gasteiger partial charge in [-0.1, -0.05) is 104 Å². The lowest BCUT2D eigenvalue weighted by molar-refractivity contribution is -0.149. The van der Waals surface area contributed by atoms with Gasteiger partial charge < -0.3 is 14.1 Å². The molecular weight excluding hydrogens is 458 g/mol. The molecule has 210 valence electrons. The van der Waals surface area contributed by atoms with E-state index in [1.807, 2.05) is 6.26 Å². The van der Waals surface area contributed by atoms with Crippen LogP contribution in [0, 0.1) is 5.92 Å². The van der Waals surface area contributed by atoms with E-state index in [4.69, 9.17) is 8.92 Å². The molecule has 5 nitrogen and oxygen atoms in total. The molecule has 0 saturated carbocycles. The molecule has 0 aromatic heterocycles. The van der Waals surface area contributed by atoms with Crippen molar-refractivity contribution < 1.29 is 18.9 Å². The molecule has 0 aliphatic rings. The Morgan fingerprint density at radius 1 is 0.714 bits per heavy atom. The second-order valence-electron chi connectivity index (χ2n) is 10.2. The molecule has 0 spiro atoms. The summed E-state index contributed by atoms with van der Waals surface area (Å²) in [5, 5.41) is 11.3. The van der Waals surface area contributed by atoms with Crippen molar-refractivity contribution in [3.05, 3.63) is 0 Å². The van der Waals surface area contributed by atoms with Crippen molar-refractivity contribution in [2.45, 2.75) is 148 Å². The summed E-state index contributed by atoms with van der Waals surface area (Å²) in [4.78, 5) is 12.7. The Labute approximate surface area is 222 Å². The van der Waals surface area contributed by atoms with E-state index < -0.39 is 0 Å². The van der Waals surface area contributed by atoms with Crippen molar-refractivity contribution >= 4 is 18.0 Å². The van der Waals surface area contributed by atoms with Gasteiger partial charge in [-0.15, -0.1) is 0 Å². The van der Waals surface area contributed by atoms with Gasteiger partial charge in [0.1, 0.15) is 0 Å². The number of hydrogen-bond acceptors (Lipinski definition) is 6. The van der Waals surface area contributed by atoms with Crippen LogP contribution in [0.2, 0.25) is 0 Å². The summed E-state index contributed by atoms with van der Waals surface area (Å²) < 4.78 is 11.0. The Morgan fingerprint density at radius 3 is 1.71 bits per heavy atom. The molecule has 0 amide bonds. The van der Waals surface area contributed by atoms with Crippen molar-refractivity contribution in [2.24, 2.45) is 5.92 Å². The average molecular weight is 518 g/mol. The minimum absolute atomic E-state index is 0.0356. The summed E-state index contributed by atoms with van der Waals surface area (Å²) in [7, 11) is 1.76. The molecule has 2 unspecified atom stereocenters. The molecule has 0 aliphatic heterocycles. The monoisotopic (exact) mass is 517 g/mol.